The highest BCUT2D eigenvalue weighted by Crippen LogP contribution is 2.43. The van der Waals surface area contributed by atoms with Crippen LogP contribution in [0.3, 0.4) is 0 Å². The highest BCUT2D eigenvalue weighted by molar-refractivity contribution is 5.77. The van der Waals surface area contributed by atoms with E-state index in [1.54, 1.807) is 0 Å². The molecule has 1 amide bonds. The smallest absolute Gasteiger partial charge is 0.223 e. The van der Waals surface area contributed by atoms with Crippen molar-refractivity contribution in [2.45, 2.75) is 64.3 Å². The average molecular weight is 238 g/mol. The number of hydrogen-bond donors (Lipinski definition) is 1. The van der Waals surface area contributed by atoms with Crippen LogP contribution < -0.4 is 5.73 Å². The first-order valence-corrected chi connectivity index (χ1v) is 7.20. The standard InChI is InChI=1S/C14H26N2O/c1-2-16(12-6-3-4-7-12)13(17)10-14(11-15)8-5-9-14/h12H,2-11,15H2,1H3. The van der Waals surface area contributed by atoms with E-state index in [1.165, 1.54) is 32.1 Å². The van der Waals surface area contributed by atoms with Crippen LogP contribution in [0.1, 0.15) is 58.3 Å². The number of rotatable bonds is 5. The molecule has 3 heteroatoms. The van der Waals surface area contributed by atoms with Crippen LogP contribution in [-0.2, 0) is 4.79 Å². The lowest BCUT2D eigenvalue weighted by Crippen LogP contribution is -2.45. The van der Waals surface area contributed by atoms with Gasteiger partial charge in [-0.2, -0.15) is 0 Å². The Morgan fingerprint density at radius 3 is 2.35 bits per heavy atom. The number of carbonyl (C=O) groups excluding carboxylic acids is 1. The normalized spacial score (nSPS) is 23.4. The van der Waals surface area contributed by atoms with Crippen LogP contribution in [0.5, 0.6) is 0 Å². The Bertz CT molecular complexity index is 262. The van der Waals surface area contributed by atoms with Crippen LogP contribution in [0.2, 0.25) is 0 Å². The molecule has 0 spiro atoms. The summed E-state index contributed by atoms with van der Waals surface area (Å²) in [6, 6.07) is 0.516. The van der Waals surface area contributed by atoms with E-state index < -0.39 is 0 Å². The van der Waals surface area contributed by atoms with Crippen LogP contribution in [0.25, 0.3) is 0 Å². The third-order valence-electron chi connectivity index (χ3n) is 4.80. The Labute approximate surface area is 105 Å². The quantitative estimate of drug-likeness (QED) is 0.799. The van der Waals surface area contributed by atoms with Gasteiger partial charge in [-0.15, -0.1) is 0 Å². The summed E-state index contributed by atoms with van der Waals surface area (Å²) in [5, 5.41) is 0. The Hall–Kier alpha value is -0.570. The molecule has 0 aromatic heterocycles. The van der Waals surface area contributed by atoms with Crippen molar-refractivity contribution in [1.29, 1.82) is 0 Å². The van der Waals surface area contributed by atoms with Crippen molar-refractivity contribution in [1.82, 2.24) is 4.90 Å². The number of nitrogens with zero attached hydrogens (tertiary/aromatic N) is 1. The summed E-state index contributed by atoms with van der Waals surface area (Å²) in [5.74, 6) is 0.351. The second-order valence-electron chi connectivity index (χ2n) is 5.85. The molecule has 0 aromatic rings. The fraction of sp³-hybridized carbons (Fsp3) is 0.929. The monoisotopic (exact) mass is 238 g/mol. The molecule has 2 aliphatic rings. The molecule has 2 rings (SSSR count). The molecule has 3 nitrogen and oxygen atoms in total. The molecule has 2 saturated carbocycles. The minimum atomic E-state index is 0.156. The van der Waals surface area contributed by atoms with E-state index in [0.717, 1.165) is 19.4 Å². The van der Waals surface area contributed by atoms with Gasteiger partial charge in [0.2, 0.25) is 5.91 Å². The molecule has 17 heavy (non-hydrogen) atoms. The second-order valence-corrected chi connectivity index (χ2v) is 5.85. The van der Waals surface area contributed by atoms with Crippen LogP contribution in [0, 0.1) is 5.41 Å². The Morgan fingerprint density at radius 2 is 1.94 bits per heavy atom. The van der Waals surface area contributed by atoms with Crippen LogP contribution in [0.4, 0.5) is 0 Å². The topological polar surface area (TPSA) is 46.3 Å². The van der Waals surface area contributed by atoms with Crippen molar-refractivity contribution in [2.24, 2.45) is 11.1 Å². The largest absolute Gasteiger partial charge is 0.340 e. The lowest BCUT2D eigenvalue weighted by molar-refractivity contribution is -0.137. The first-order chi connectivity index (χ1) is 8.21. The van der Waals surface area contributed by atoms with Gasteiger partial charge in [-0.25, -0.2) is 0 Å². The van der Waals surface area contributed by atoms with Gasteiger partial charge in [0, 0.05) is 19.0 Å². The van der Waals surface area contributed by atoms with E-state index >= 15 is 0 Å². The zero-order chi connectivity index (χ0) is 12.3. The maximum absolute atomic E-state index is 12.4. The van der Waals surface area contributed by atoms with Crippen molar-refractivity contribution in [3.63, 3.8) is 0 Å². The number of amides is 1. The molecule has 0 saturated heterocycles. The summed E-state index contributed by atoms with van der Waals surface area (Å²) < 4.78 is 0. The Balaban J connectivity index is 1.92. The number of carbonyl (C=O) groups is 1. The van der Waals surface area contributed by atoms with Crippen LogP contribution in [-0.4, -0.2) is 29.9 Å². The summed E-state index contributed by atoms with van der Waals surface area (Å²) in [6.07, 6.45) is 9.22. The van der Waals surface area contributed by atoms with E-state index in [0.29, 0.717) is 24.9 Å². The van der Waals surface area contributed by atoms with Crippen molar-refractivity contribution in [3.05, 3.63) is 0 Å². The van der Waals surface area contributed by atoms with Gasteiger partial charge in [-0.3, -0.25) is 4.79 Å². The molecule has 0 heterocycles. The zero-order valence-corrected chi connectivity index (χ0v) is 11.1. The molecular weight excluding hydrogens is 212 g/mol. The summed E-state index contributed by atoms with van der Waals surface area (Å²) in [4.78, 5) is 14.5. The third-order valence-corrected chi connectivity index (χ3v) is 4.80. The Kier molecular flexibility index (Phi) is 4.08. The average Bonchev–Trinajstić information content (AvgIpc) is 2.78. The van der Waals surface area contributed by atoms with Crippen molar-refractivity contribution in [3.8, 4) is 0 Å². The van der Waals surface area contributed by atoms with Gasteiger partial charge in [0.25, 0.3) is 0 Å². The summed E-state index contributed by atoms with van der Waals surface area (Å²) in [6.45, 7) is 3.65. The van der Waals surface area contributed by atoms with E-state index in [-0.39, 0.29) is 5.41 Å². The van der Waals surface area contributed by atoms with Crippen molar-refractivity contribution >= 4 is 5.91 Å². The van der Waals surface area contributed by atoms with Gasteiger partial charge in [-0.1, -0.05) is 19.3 Å². The van der Waals surface area contributed by atoms with Crippen molar-refractivity contribution < 1.29 is 4.79 Å². The van der Waals surface area contributed by atoms with E-state index in [1.807, 2.05) is 0 Å². The third kappa shape index (κ3) is 2.65. The first kappa shape index (κ1) is 12.9. The minimum Gasteiger partial charge on any atom is -0.340 e. The molecule has 0 bridgehead atoms. The highest BCUT2D eigenvalue weighted by Gasteiger charge is 2.39. The predicted octanol–water partition coefficient (Wildman–Crippen LogP) is 2.30. The van der Waals surface area contributed by atoms with Crippen LogP contribution >= 0.6 is 0 Å². The van der Waals surface area contributed by atoms with Gasteiger partial charge < -0.3 is 10.6 Å². The summed E-state index contributed by atoms with van der Waals surface area (Å²) >= 11 is 0. The molecule has 98 valence electrons. The van der Waals surface area contributed by atoms with Crippen molar-refractivity contribution in [2.75, 3.05) is 13.1 Å². The van der Waals surface area contributed by atoms with Crippen LogP contribution in [0.15, 0.2) is 0 Å². The summed E-state index contributed by atoms with van der Waals surface area (Å²) in [5.41, 5.74) is 6.00. The van der Waals surface area contributed by atoms with E-state index in [9.17, 15) is 4.79 Å². The maximum Gasteiger partial charge on any atom is 0.223 e. The molecule has 2 fully saturated rings. The molecule has 2 aliphatic carbocycles. The lowest BCUT2D eigenvalue weighted by atomic mass is 9.66. The molecule has 0 aliphatic heterocycles. The Morgan fingerprint density at radius 1 is 1.29 bits per heavy atom. The fourth-order valence-corrected chi connectivity index (χ4v) is 3.41. The van der Waals surface area contributed by atoms with Gasteiger partial charge >= 0.3 is 0 Å². The summed E-state index contributed by atoms with van der Waals surface area (Å²) in [7, 11) is 0. The molecule has 2 N–H and O–H groups in total. The molecule has 0 atom stereocenters. The minimum absolute atomic E-state index is 0.156. The van der Waals surface area contributed by atoms with Gasteiger partial charge in [0.15, 0.2) is 0 Å². The molecule has 0 unspecified atom stereocenters. The fourth-order valence-electron chi connectivity index (χ4n) is 3.41. The first-order valence-electron chi connectivity index (χ1n) is 7.20. The van der Waals surface area contributed by atoms with Gasteiger partial charge in [-0.05, 0) is 44.6 Å². The van der Waals surface area contributed by atoms with Gasteiger partial charge in [0.1, 0.15) is 0 Å². The lowest BCUT2D eigenvalue weighted by Gasteiger charge is -2.42. The highest BCUT2D eigenvalue weighted by atomic mass is 16.2. The second kappa shape index (κ2) is 5.38. The predicted molar refractivity (Wildman–Crippen MR) is 69.6 cm³/mol. The molecule has 0 radical (unpaired) electrons. The molecule has 0 aromatic carbocycles. The van der Waals surface area contributed by atoms with Gasteiger partial charge in [0.05, 0.1) is 0 Å². The number of hydrogen-bond acceptors (Lipinski definition) is 2. The molecular formula is C14H26N2O. The SMILES string of the molecule is CCN(C(=O)CC1(CN)CCC1)C1CCCC1. The van der Waals surface area contributed by atoms with E-state index in [2.05, 4.69) is 11.8 Å². The van der Waals surface area contributed by atoms with E-state index in [4.69, 9.17) is 5.73 Å². The zero-order valence-electron chi connectivity index (χ0n) is 11.1. The number of nitrogens with two attached hydrogens (primary N) is 1. The maximum atomic E-state index is 12.4.